The zero-order valence-electron chi connectivity index (χ0n) is 11.7. The summed E-state index contributed by atoms with van der Waals surface area (Å²) in [7, 11) is -3.41. The van der Waals surface area contributed by atoms with E-state index in [9.17, 15) is 13.2 Å². The van der Waals surface area contributed by atoms with E-state index in [-0.39, 0.29) is 18.6 Å². The summed E-state index contributed by atoms with van der Waals surface area (Å²) >= 11 is 0. The molecule has 8 heteroatoms. The van der Waals surface area contributed by atoms with Crippen LogP contribution in [0.4, 0.5) is 0 Å². The molecule has 2 saturated carbocycles. The van der Waals surface area contributed by atoms with Crippen molar-refractivity contribution in [3.05, 3.63) is 0 Å². The third-order valence-electron chi connectivity index (χ3n) is 3.81. The van der Waals surface area contributed by atoms with E-state index in [0.29, 0.717) is 25.3 Å². The molecule has 0 atom stereocenters. The monoisotopic (exact) mass is 305 g/mol. The predicted octanol–water partition coefficient (Wildman–Crippen LogP) is -0.242. The number of carboxylic acids is 1. The minimum atomic E-state index is -3.41. The largest absolute Gasteiger partial charge is 0.480 e. The summed E-state index contributed by atoms with van der Waals surface area (Å²) in [4.78, 5) is 12.9. The molecule has 0 aliphatic heterocycles. The van der Waals surface area contributed by atoms with E-state index in [1.165, 1.54) is 12.8 Å². The predicted molar refractivity (Wildman–Crippen MR) is 74.5 cm³/mol. The second kappa shape index (κ2) is 6.38. The van der Waals surface area contributed by atoms with E-state index in [1.54, 1.807) is 6.92 Å². The molecule has 0 heterocycles. The van der Waals surface area contributed by atoms with Gasteiger partial charge >= 0.3 is 5.97 Å². The molecule has 20 heavy (non-hydrogen) atoms. The Hall–Kier alpha value is -0.700. The van der Waals surface area contributed by atoms with Gasteiger partial charge in [-0.2, -0.15) is 13.1 Å². The Morgan fingerprint density at radius 2 is 2.00 bits per heavy atom. The van der Waals surface area contributed by atoms with Crippen molar-refractivity contribution in [2.75, 3.05) is 19.6 Å². The van der Waals surface area contributed by atoms with Crippen molar-refractivity contribution in [3.63, 3.8) is 0 Å². The molecule has 3 N–H and O–H groups in total. The number of carboxylic acid groups (broad SMARTS) is 1. The molecule has 0 aromatic heterocycles. The first-order chi connectivity index (χ1) is 9.39. The molecular formula is C12H23N3O4S. The fourth-order valence-corrected chi connectivity index (χ4v) is 3.68. The highest BCUT2D eigenvalue weighted by atomic mass is 32.2. The maximum atomic E-state index is 11.5. The van der Waals surface area contributed by atoms with Gasteiger partial charge in [-0.3, -0.25) is 9.69 Å². The van der Waals surface area contributed by atoms with Crippen LogP contribution in [0.2, 0.25) is 0 Å². The van der Waals surface area contributed by atoms with E-state index in [4.69, 9.17) is 5.11 Å². The molecular weight excluding hydrogens is 282 g/mol. The van der Waals surface area contributed by atoms with Gasteiger partial charge in [0, 0.05) is 25.2 Å². The smallest absolute Gasteiger partial charge is 0.317 e. The number of hydrogen-bond donors (Lipinski definition) is 3. The molecule has 0 amide bonds. The standard InChI is InChI=1S/C12H23N3O4S/c1-2-13-20(18,19)14-10-5-11(6-10)15(8-12(16)17)7-9-3-4-9/h9-11,13-14H,2-8H2,1H3,(H,16,17). The molecule has 0 radical (unpaired) electrons. The van der Waals surface area contributed by atoms with Crippen molar-refractivity contribution in [1.82, 2.24) is 14.3 Å². The van der Waals surface area contributed by atoms with Gasteiger partial charge in [0.25, 0.3) is 10.2 Å². The maximum Gasteiger partial charge on any atom is 0.317 e. The van der Waals surface area contributed by atoms with Crippen molar-refractivity contribution in [3.8, 4) is 0 Å². The third kappa shape index (κ3) is 4.69. The summed E-state index contributed by atoms with van der Waals surface area (Å²) < 4.78 is 28.1. The highest BCUT2D eigenvalue weighted by Crippen LogP contribution is 2.33. The molecule has 0 aromatic carbocycles. The number of carbonyl (C=O) groups is 1. The van der Waals surface area contributed by atoms with Gasteiger partial charge in [0.05, 0.1) is 6.54 Å². The number of hydrogen-bond acceptors (Lipinski definition) is 4. The van der Waals surface area contributed by atoms with Crippen LogP contribution in [0.3, 0.4) is 0 Å². The van der Waals surface area contributed by atoms with Crippen LogP contribution in [0.15, 0.2) is 0 Å². The Kier molecular flexibility index (Phi) is 5.00. The molecule has 0 unspecified atom stereocenters. The van der Waals surface area contributed by atoms with Gasteiger partial charge < -0.3 is 5.11 Å². The molecule has 2 aliphatic carbocycles. The quantitative estimate of drug-likeness (QED) is 0.546. The summed E-state index contributed by atoms with van der Waals surface area (Å²) in [6.07, 6.45) is 3.73. The van der Waals surface area contributed by atoms with Crippen molar-refractivity contribution in [1.29, 1.82) is 0 Å². The molecule has 116 valence electrons. The summed E-state index contributed by atoms with van der Waals surface area (Å²) in [6.45, 7) is 2.96. The first-order valence-corrected chi connectivity index (χ1v) is 8.60. The first-order valence-electron chi connectivity index (χ1n) is 7.12. The highest BCUT2D eigenvalue weighted by Gasteiger charge is 2.38. The molecule has 0 spiro atoms. The average molecular weight is 305 g/mol. The minimum absolute atomic E-state index is 0.0495. The van der Waals surface area contributed by atoms with Crippen LogP contribution in [0.1, 0.15) is 32.6 Å². The fraction of sp³-hybridized carbons (Fsp3) is 0.917. The SMILES string of the molecule is CCNS(=O)(=O)NC1CC(N(CC(=O)O)CC2CC2)C1. The summed E-state index contributed by atoms with van der Waals surface area (Å²) in [5, 5.41) is 8.94. The summed E-state index contributed by atoms with van der Waals surface area (Å²) in [5.74, 6) is -0.186. The Balaban J connectivity index is 1.78. The van der Waals surface area contributed by atoms with Crippen LogP contribution < -0.4 is 9.44 Å². The van der Waals surface area contributed by atoms with Gasteiger partial charge in [-0.05, 0) is 31.6 Å². The van der Waals surface area contributed by atoms with Crippen LogP contribution in [0, 0.1) is 5.92 Å². The molecule has 2 fully saturated rings. The van der Waals surface area contributed by atoms with Gasteiger partial charge in [0.1, 0.15) is 0 Å². The van der Waals surface area contributed by atoms with Gasteiger partial charge in [0.2, 0.25) is 0 Å². The van der Waals surface area contributed by atoms with Crippen molar-refractivity contribution in [2.45, 2.75) is 44.7 Å². The van der Waals surface area contributed by atoms with E-state index in [0.717, 1.165) is 6.54 Å². The number of aliphatic carboxylic acids is 1. The van der Waals surface area contributed by atoms with Crippen molar-refractivity contribution >= 4 is 16.2 Å². The van der Waals surface area contributed by atoms with Gasteiger partial charge in [0.15, 0.2) is 0 Å². The van der Waals surface area contributed by atoms with Gasteiger partial charge in [-0.25, -0.2) is 4.72 Å². The molecule has 2 rings (SSSR count). The molecule has 0 bridgehead atoms. The lowest BCUT2D eigenvalue weighted by Gasteiger charge is -2.42. The lowest BCUT2D eigenvalue weighted by molar-refractivity contribution is -0.139. The Morgan fingerprint density at radius 1 is 1.35 bits per heavy atom. The molecule has 2 aliphatic rings. The topological polar surface area (TPSA) is 98.7 Å². The van der Waals surface area contributed by atoms with Gasteiger partial charge in [-0.1, -0.05) is 6.92 Å². The minimum Gasteiger partial charge on any atom is -0.480 e. The van der Waals surface area contributed by atoms with E-state index in [2.05, 4.69) is 9.44 Å². The van der Waals surface area contributed by atoms with E-state index < -0.39 is 16.2 Å². The number of nitrogens with zero attached hydrogens (tertiary/aromatic N) is 1. The third-order valence-corrected chi connectivity index (χ3v) is 5.13. The van der Waals surface area contributed by atoms with Gasteiger partial charge in [-0.15, -0.1) is 0 Å². The number of nitrogens with one attached hydrogen (secondary N) is 2. The zero-order chi connectivity index (χ0) is 14.8. The Morgan fingerprint density at radius 3 is 2.50 bits per heavy atom. The van der Waals surface area contributed by atoms with Crippen molar-refractivity contribution in [2.24, 2.45) is 5.92 Å². The Labute approximate surface area is 119 Å². The molecule has 0 aromatic rings. The van der Waals surface area contributed by atoms with Crippen molar-refractivity contribution < 1.29 is 18.3 Å². The lowest BCUT2D eigenvalue weighted by atomic mass is 9.86. The lowest BCUT2D eigenvalue weighted by Crippen LogP contribution is -2.56. The molecule has 7 nitrogen and oxygen atoms in total. The molecule has 0 saturated heterocycles. The van der Waals surface area contributed by atoms with E-state index >= 15 is 0 Å². The highest BCUT2D eigenvalue weighted by molar-refractivity contribution is 7.87. The summed E-state index contributed by atoms with van der Waals surface area (Å²) in [6, 6.07) is 0.0978. The van der Waals surface area contributed by atoms with Crippen LogP contribution in [0.25, 0.3) is 0 Å². The van der Waals surface area contributed by atoms with Crippen LogP contribution in [-0.4, -0.2) is 56.1 Å². The second-order valence-corrected chi connectivity index (χ2v) is 7.24. The van der Waals surface area contributed by atoms with E-state index in [1.807, 2.05) is 4.90 Å². The maximum absolute atomic E-state index is 11.5. The van der Waals surface area contributed by atoms with Crippen LogP contribution in [0.5, 0.6) is 0 Å². The van der Waals surface area contributed by atoms with Crippen LogP contribution >= 0.6 is 0 Å². The normalized spacial score (nSPS) is 26.5. The zero-order valence-corrected chi connectivity index (χ0v) is 12.5. The Bertz CT molecular complexity index is 444. The average Bonchev–Trinajstić information content (AvgIpc) is 3.05. The first kappa shape index (κ1) is 15.7. The summed E-state index contributed by atoms with van der Waals surface area (Å²) in [5.41, 5.74) is 0. The fourth-order valence-electron chi connectivity index (χ4n) is 2.58. The second-order valence-electron chi connectivity index (χ2n) is 5.71. The van der Waals surface area contributed by atoms with Crippen LogP contribution in [-0.2, 0) is 15.0 Å². The number of rotatable bonds is 9.